The number of benzene rings is 3. The van der Waals surface area contributed by atoms with E-state index in [1.807, 2.05) is 24.3 Å². The minimum absolute atomic E-state index is 0.801. The standard InChI is InChI=1S/C14H8BrCl/c15-12-7-3-6-11-13(16)8-9-4-1-2-5-10(9)14(11)12/h1-8H. The van der Waals surface area contributed by atoms with Crippen LogP contribution in [0, 0.1) is 0 Å². The van der Waals surface area contributed by atoms with Gasteiger partial charge in [-0.1, -0.05) is 63.9 Å². The van der Waals surface area contributed by atoms with Gasteiger partial charge in [0, 0.05) is 20.3 Å². The number of halogens is 2. The Balaban J connectivity index is 2.67. The van der Waals surface area contributed by atoms with Gasteiger partial charge in [-0.05, 0) is 22.9 Å². The lowest BCUT2D eigenvalue weighted by atomic mass is 10.0. The van der Waals surface area contributed by atoms with Crippen molar-refractivity contribution in [1.82, 2.24) is 0 Å². The zero-order valence-electron chi connectivity index (χ0n) is 8.37. The van der Waals surface area contributed by atoms with E-state index in [9.17, 15) is 0 Å². The Kier molecular flexibility index (Phi) is 2.38. The second-order valence-corrected chi connectivity index (χ2v) is 5.00. The third-order valence-electron chi connectivity index (χ3n) is 2.78. The van der Waals surface area contributed by atoms with Crippen molar-refractivity contribution >= 4 is 49.1 Å². The summed E-state index contributed by atoms with van der Waals surface area (Å²) in [6.45, 7) is 0. The quantitative estimate of drug-likeness (QED) is 0.486. The summed E-state index contributed by atoms with van der Waals surface area (Å²) in [4.78, 5) is 0. The van der Waals surface area contributed by atoms with E-state index in [1.165, 1.54) is 16.2 Å². The molecule has 2 heteroatoms. The summed E-state index contributed by atoms with van der Waals surface area (Å²) in [5.41, 5.74) is 0. The maximum absolute atomic E-state index is 6.29. The lowest BCUT2D eigenvalue weighted by Gasteiger charge is -2.07. The molecule has 0 unspecified atom stereocenters. The molecule has 0 radical (unpaired) electrons. The summed E-state index contributed by atoms with van der Waals surface area (Å²) in [6.07, 6.45) is 0. The first-order chi connectivity index (χ1) is 7.77. The van der Waals surface area contributed by atoms with Crippen LogP contribution in [0.2, 0.25) is 5.02 Å². The van der Waals surface area contributed by atoms with E-state index in [0.29, 0.717) is 0 Å². The molecule has 3 aromatic rings. The topological polar surface area (TPSA) is 0 Å². The minimum Gasteiger partial charge on any atom is -0.0836 e. The molecule has 16 heavy (non-hydrogen) atoms. The molecule has 0 fully saturated rings. The van der Waals surface area contributed by atoms with Crippen molar-refractivity contribution in [2.45, 2.75) is 0 Å². The van der Waals surface area contributed by atoms with Crippen LogP contribution in [0.5, 0.6) is 0 Å². The van der Waals surface area contributed by atoms with Crippen LogP contribution in [0.4, 0.5) is 0 Å². The fraction of sp³-hybridized carbons (Fsp3) is 0. The lowest BCUT2D eigenvalue weighted by Crippen LogP contribution is -1.80. The molecule has 0 saturated heterocycles. The van der Waals surface area contributed by atoms with Crippen molar-refractivity contribution in [2.75, 3.05) is 0 Å². The van der Waals surface area contributed by atoms with Gasteiger partial charge in [0.25, 0.3) is 0 Å². The number of hydrogen-bond donors (Lipinski definition) is 0. The molecule has 0 N–H and O–H groups in total. The van der Waals surface area contributed by atoms with Crippen molar-refractivity contribution in [3.63, 3.8) is 0 Å². The molecule has 0 saturated carbocycles. The van der Waals surface area contributed by atoms with Gasteiger partial charge in [-0.3, -0.25) is 0 Å². The molecule has 0 aliphatic heterocycles. The van der Waals surface area contributed by atoms with Crippen molar-refractivity contribution in [3.05, 3.63) is 58.0 Å². The summed E-state index contributed by atoms with van der Waals surface area (Å²) in [7, 11) is 0. The molecule has 0 aromatic heterocycles. The SMILES string of the molecule is Clc1cc2ccccc2c2c(Br)cccc12. The van der Waals surface area contributed by atoms with Crippen LogP contribution in [0.1, 0.15) is 0 Å². The van der Waals surface area contributed by atoms with Crippen LogP contribution >= 0.6 is 27.5 Å². The van der Waals surface area contributed by atoms with Gasteiger partial charge in [-0.25, -0.2) is 0 Å². The van der Waals surface area contributed by atoms with Crippen molar-refractivity contribution in [1.29, 1.82) is 0 Å². The van der Waals surface area contributed by atoms with Gasteiger partial charge in [-0.15, -0.1) is 0 Å². The number of fused-ring (bicyclic) bond motifs is 3. The second-order valence-electron chi connectivity index (χ2n) is 3.74. The maximum Gasteiger partial charge on any atom is 0.0491 e. The van der Waals surface area contributed by atoms with Crippen LogP contribution in [-0.2, 0) is 0 Å². The minimum atomic E-state index is 0.801. The molecule has 0 atom stereocenters. The third-order valence-corrected chi connectivity index (χ3v) is 3.76. The summed E-state index contributed by atoms with van der Waals surface area (Å²) in [6, 6.07) is 16.4. The smallest absolute Gasteiger partial charge is 0.0491 e. The first kappa shape index (κ1) is 10.1. The van der Waals surface area contributed by atoms with Crippen LogP contribution < -0.4 is 0 Å². The maximum atomic E-state index is 6.29. The zero-order chi connectivity index (χ0) is 11.1. The van der Waals surface area contributed by atoms with E-state index < -0.39 is 0 Å². The van der Waals surface area contributed by atoms with Gasteiger partial charge < -0.3 is 0 Å². The van der Waals surface area contributed by atoms with Crippen molar-refractivity contribution in [3.8, 4) is 0 Å². The highest BCUT2D eigenvalue weighted by Crippen LogP contribution is 2.35. The Morgan fingerprint density at radius 1 is 0.875 bits per heavy atom. The van der Waals surface area contributed by atoms with Crippen LogP contribution in [0.15, 0.2) is 53.0 Å². The average Bonchev–Trinajstić information content (AvgIpc) is 2.30. The van der Waals surface area contributed by atoms with Gasteiger partial charge in [-0.2, -0.15) is 0 Å². The van der Waals surface area contributed by atoms with E-state index in [-0.39, 0.29) is 0 Å². The Hall–Kier alpha value is -1.05. The normalized spacial score (nSPS) is 11.1. The van der Waals surface area contributed by atoms with Crippen molar-refractivity contribution < 1.29 is 0 Å². The molecule has 0 heterocycles. The number of rotatable bonds is 0. The first-order valence-electron chi connectivity index (χ1n) is 5.03. The highest BCUT2D eigenvalue weighted by atomic mass is 79.9. The fourth-order valence-corrected chi connectivity index (χ4v) is 2.92. The molecule has 3 aromatic carbocycles. The second kappa shape index (κ2) is 3.76. The monoisotopic (exact) mass is 290 g/mol. The third kappa shape index (κ3) is 1.43. The van der Waals surface area contributed by atoms with E-state index >= 15 is 0 Å². The Bertz CT molecular complexity index is 689. The van der Waals surface area contributed by atoms with E-state index in [0.717, 1.165) is 14.9 Å². The summed E-state index contributed by atoms with van der Waals surface area (Å²) in [5, 5.41) is 5.48. The zero-order valence-corrected chi connectivity index (χ0v) is 10.7. The Labute approximate surface area is 107 Å². The van der Waals surface area contributed by atoms with E-state index in [2.05, 4.69) is 40.2 Å². The number of hydrogen-bond acceptors (Lipinski definition) is 0. The summed E-state index contributed by atoms with van der Waals surface area (Å²) < 4.78 is 1.09. The van der Waals surface area contributed by atoms with E-state index in [1.54, 1.807) is 0 Å². The highest BCUT2D eigenvalue weighted by molar-refractivity contribution is 9.10. The largest absolute Gasteiger partial charge is 0.0836 e. The Morgan fingerprint density at radius 3 is 2.50 bits per heavy atom. The van der Waals surface area contributed by atoms with Crippen LogP contribution in [-0.4, -0.2) is 0 Å². The lowest BCUT2D eigenvalue weighted by molar-refractivity contribution is 1.73. The van der Waals surface area contributed by atoms with Gasteiger partial charge in [0.05, 0.1) is 0 Å². The molecular formula is C14H8BrCl. The summed E-state index contributed by atoms with van der Waals surface area (Å²) in [5.74, 6) is 0. The van der Waals surface area contributed by atoms with Crippen LogP contribution in [0.3, 0.4) is 0 Å². The average molecular weight is 292 g/mol. The fourth-order valence-electron chi connectivity index (χ4n) is 2.06. The Morgan fingerprint density at radius 2 is 1.62 bits per heavy atom. The molecule has 0 spiro atoms. The van der Waals surface area contributed by atoms with Gasteiger partial charge in [0.15, 0.2) is 0 Å². The molecule has 0 bridgehead atoms. The molecule has 0 nitrogen and oxygen atoms in total. The molecule has 0 aliphatic rings. The van der Waals surface area contributed by atoms with Gasteiger partial charge >= 0.3 is 0 Å². The predicted octanol–water partition coefficient (Wildman–Crippen LogP) is 5.41. The first-order valence-corrected chi connectivity index (χ1v) is 6.20. The summed E-state index contributed by atoms with van der Waals surface area (Å²) >= 11 is 9.88. The molecule has 78 valence electrons. The molecule has 0 aliphatic carbocycles. The van der Waals surface area contributed by atoms with Gasteiger partial charge in [0.2, 0.25) is 0 Å². The predicted molar refractivity (Wildman–Crippen MR) is 74.2 cm³/mol. The molecular weight excluding hydrogens is 284 g/mol. The van der Waals surface area contributed by atoms with Gasteiger partial charge in [0.1, 0.15) is 0 Å². The van der Waals surface area contributed by atoms with Crippen LogP contribution in [0.25, 0.3) is 21.5 Å². The molecule has 3 rings (SSSR count). The van der Waals surface area contributed by atoms with Crippen molar-refractivity contribution in [2.24, 2.45) is 0 Å². The van der Waals surface area contributed by atoms with E-state index in [4.69, 9.17) is 11.6 Å². The molecule has 0 amide bonds. The highest BCUT2D eigenvalue weighted by Gasteiger charge is 2.06.